The fourth-order valence-corrected chi connectivity index (χ4v) is 3.17. The number of amides is 1. The molecule has 0 saturated carbocycles. The molecule has 4 rings (SSSR count). The molecule has 1 aromatic heterocycles. The average molecular weight is 402 g/mol. The fraction of sp³-hybridized carbons (Fsp3) is 0.167. The van der Waals surface area contributed by atoms with Crippen LogP contribution in [0.5, 0.6) is 11.5 Å². The number of nitrogens with zero attached hydrogens (tertiary/aromatic N) is 2. The molecule has 6 nitrogen and oxygen atoms in total. The Morgan fingerprint density at radius 2 is 1.73 bits per heavy atom. The first-order valence-corrected chi connectivity index (χ1v) is 9.63. The second-order valence-corrected chi connectivity index (χ2v) is 6.86. The van der Waals surface area contributed by atoms with Crippen LogP contribution in [0, 0.1) is 0 Å². The van der Waals surface area contributed by atoms with Crippen molar-refractivity contribution in [1.82, 2.24) is 10.1 Å². The molecule has 0 unspecified atom stereocenters. The van der Waals surface area contributed by atoms with E-state index in [9.17, 15) is 4.79 Å². The number of likely N-dealkylation sites (N-methyl/N-ethyl adjacent to an activating group) is 1. The number of aromatic nitrogens is 1. The first kappa shape index (κ1) is 19.5. The molecule has 0 aliphatic heterocycles. The second kappa shape index (κ2) is 8.69. The minimum absolute atomic E-state index is 0.0876. The van der Waals surface area contributed by atoms with Crippen LogP contribution in [-0.2, 0) is 0 Å². The quantitative estimate of drug-likeness (QED) is 0.450. The monoisotopic (exact) mass is 402 g/mol. The molecule has 0 fully saturated rings. The molecule has 0 saturated heterocycles. The lowest BCUT2D eigenvalue weighted by Crippen LogP contribution is -2.30. The molecular weight excluding hydrogens is 380 g/mol. The lowest BCUT2D eigenvalue weighted by Gasteiger charge is -2.17. The SMILES string of the molecule is COc1ccc(OCCN(C)C(=O)c2ccc3noc(-c4ccccc4)c3c2)cc1. The van der Waals surface area contributed by atoms with Gasteiger partial charge in [-0.05, 0) is 42.5 Å². The average Bonchev–Trinajstić information content (AvgIpc) is 3.23. The van der Waals surface area contributed by atoms with Crippen molar-refractivity contribution in [2.45, 2.75) is 0 Å². The maximum absolute atomic E-state index is 12.9. The van der Waals surface area contributed by atoms with E-state index in [2.05, 4.69) is 5.16 Å². The normalized spacial score (nSPS) is 10.7. The van der Waals surface area contributed by atoms with E-state index in [1.54, 1.807) is 31.2 Å². The van der Waals surface area contributed by atoms with Crippen molar-refractivity contribution in [2.75, 3.05) is 27.3 Å². The van der Waals surface area contributed by atoms with Crippen LogP contribution in [0.4, 0.5) is 0 Å². The molecule has 4 aromatic rings. The van der Waals surface area contributed by atoms with Crippen LogP contribution in [0.25, 0.3) is 22.2 Å². The van der Waals surface area contributed by atoms with E-state index in [0.717, 1.165) is 28.0 Å². The highest BCUT2D eigenvalue weighted by Gasteiger charge is 2.16. The third-order valence-electron chi connectivity index (χ3n) is 4.86. The first-order chi connectivity index (χ1) is 14.7. The van der Waals surface area contributed by atoms with Gasteiger partial charge in [-0.25, -0.2) is 0 Å². The lowest BCUT2D eigenvalue weighted by atomic mass is 10.1. The van der Waals surface area contributed by atoms with Gasteiger partial charge in [-0.1, -0.05) is 35.5 Å². The summed E-state index contributed by atoms with van der Waals surface area (Å²) in [6.07, 6.45) is 0. The molecule has 30 heavy (non-hydrogen) atoms. The molecule has 0 bridgehead atoms. The van der Waals surface area contributed by atoms with Crippen LogP contribution in [-0.4, -0.2) is 43.3 Å². The minimum atomic E-state index is -0.0876. The largest absolute Gasteiger partial charge is 0.497 e. The maximum Gasteiger partial charge on any atom is 0.253 e. The predicted octanol–water partition coefficient (Wildman–Crippen LogP) is 4.65. The number of fused-ring (bicyclic) bond motifs is 1. The van der Waals surface area contributed by atoms with E-state index < -0.39 is 0 Å². The van der Waals surface area contributed by atoms with Gasteiger partial charge in [0.2, 0.25) is 0 Å². The van der Waals surface area contributed by atoms with E-state index in [1.807, 2.05) is 60.7 Å². The predicted molar refractivity (Wildman–Crippen MR) is 115 cm³/mol. The van der Waals surface area contributed by atoms with Crippen LogP contribution in [0.2, 0.25) is 0 Å². The number of rotatable bonds is 7. The highest BCUT2D eigenvalue weighted by atomic mass is 16.5. The molecule has 1 amide bonds. The summed E-state index contributed by atoms with van der Waals surface area (Å²) in [5.74, 6) is 2.07. The summed E-state index contributed by atoms with van der Waals surface area (Å²) in [5, 5.41) is 4.92. The third-order valence-corrected chi connectivity index (χ3v) is 4.86. The van der Waals surface area contributed by atoms with E-state index in [1.165, 1.54) is 0 Å². The number of methoxy groups -OCH3 is 1. The zero-order valence-electron chi connectivity index (χ0n) is 16.9. The van der Waals surface area contributed by atoms with Gasteiger partial charge in [0.05, 0.1) is 19.0 Å². The topological polar surface area (TPSA) is 64.8 Å². The Balaban J connectivity index is 1.44. The van der Waals surface area contributed by atoms with E-state index in [0.29, 0.717) is 24.5 Å². The molecule has 0 radical (unpaired) electrons. The number of carbonyl (C=O) groups excluding carboxylic acids is 1. The molecule has 0 aliphatic rings. The summed E-state index contributed by atoms with van der Waals surface area (Å²) in [7, 11) is 3.38. The van der Waals surface area contributed by atoms with Crippen LogP contribution >= 0.6 is 0 Å². The standard InChI is InChI=1S/C24H22N2O4/c1-26(14-15-29-20-11-9-19(28-2)10-12-20)24(27)18-8-13-22-21(16-18)23(30-25-22)17-6-4-3-5-7-17/h3-13,16H,14-15H2,1-2H3. The summed E-state index contributed by atoms with van der Waals surface area (Å²) in [4.78, 5) is 14.5. The van der Waals surface area contributed by atoms with E-state index in [-0.39, 0.29) is 5.91 Å². The highest BCUT2D eigenvalue weighted by Crippen LogP contribution is 2.29. The van der Waals surface area contributed by atoms with Gasteiger partial charge in [0.1, 0.15) is 23.6 Å². The molecule has 0 atom stereocenters. The maximum atomic E-state index is 12.9. The van der Waals surface area contributed by atoms with Gasteiger partial charge in [-0.2, -0.15) is 0 Å². The lowest BCUT2D eigenvalue weighted by molar-refractivity contribution is 0.0774. The fourth-order valence-electron chi connectivity index (χ4n) is 3.17. The number of benzene rings is 3. The molecule has 0 N–H and O–H groups in total. The Morgan fingerprint density at radius 1 is 1.00 bits per heavy atom. The van der Waals surface area contributed by atoms with Crippen molar-refractivity contribution in [1.29, 1.82) is 0 Å². The third kappa shape index (κ3) is 4.12. The number of ether oxygens (including phenoxy) is 2. The van der Waals surface area contributed by atoms with Gasteiger partial charge in [0.25, 0.3) is 5.91 Å². The van der Waals surface area contributed by atoms with E-state index >= 15 is 0 Å². The summed E-state index contributed by atoms with van der Waals surface area (Å²) >= 11 is 0. The van der Waals surface area contributed by atoms with E-state index in [4.69, 9.17) is 14.0 Å². The van der Waals surface area contributed by atoms with Gasteiger partial charge in [-0.15, -0.1) is 0 Å². The summed E-state index contributed by atoms with van der Waals surface area (Å²) in [6.45, 7) is 0.845. The second-order valence-electron chi connectivity index (χ2n) is 6.86. The van der Waals surface area contributed by atoms with Crippen LogP contribution in [0.1, 0.15) is 10.4 Å². The molecule has 3 aromatic carbocycles. The Hall–Kier alpha value is -3.80. The molecule has 152 valence electrons. The summed E-state index contributed by atoms with van der Waals surface area (Å²) < 4.78 is 16.4. The van der Waals surface area contributed by atoms with Crippen LogP contribution < -0.4 is 9.47 Å². The number of hydrogen-bond acceptors (Lipinski definition) is 5. The molecule has 0 spiro atoms. The van der Waals surface area contributed by atoms with Gasteiger partial charge < -0.3 is 18.9 Å². The first-order valence-electron chi connectivity index (χ1n) is 9.63. The Labute approximate surface area is 174 Å². The van der Waals surface area contributed by atoms with Crippen molar-refractivity contribution in [2.24, 2.45) is 0 Å². The smallest absolute Gasteiger partial charge is 0.253 e. The van der Waals surface area contributed by atoms with Crippen LogP contribution in [0.3, 0.4) is 0 Å². The minimum Gasteiger partial charge on any atom is -0.497 e. The Morgan fingerprint density at radius 3 is 2.47 bits per heavy atom. The van der Waals surface area contributed by atoms with Gasteiger partial charge in [0, 0.05) is 18.2 Å². The highest BCUT2D eigenvalue weighted by molar-refractivity contribution is 6.00. The van der Waals surface area contributed by atoms with Gasteiger partial charge >= 0.3 is 0 Å². The molecule has 6 heteroatoms. The summed E-state index contributed by atoms with van der Waals surface area (Å²) in [5.41, 5.74) is 2.22. The Kier molecular flexibility index (Phi) is 5.66. The zero-order valence-corrected chi connectivity index (χ0v) is 16.9. The van der Waals surface area contributed by atoms with Crippen LogP contribution in [0.15, 0.2) is 77.3 Å². The molecule has 0 aliphatic carbocycles. The van der Waals surface area contributed by atoms with Crippen molar-refractivity contribution in [3.05, 3.63) is 78.4 Å². The number of hydrogen-bond donors (Lipinski definition) is 0. The van der Waals surface area contributed by atoms with Gasteiger partial charge in [-0.3, -0.25) is 4.79 Å². The van der Waals surface area contributed by atoms with Gasteiger partial charge in [0.15, 0.2) is 5.76 Å². The molecule has 1 heterocycles. The van der Waals surface area contributed by atoms with Crippen molar-refractivity contribution in [3.63, 3.8) is 0 Å². The Bertz CT molecular complexity index is 1140. The molecular formula is C24H22N2O4. The summed E-state index contributed by atoms with van der Waals surface area (Å²) in [6, 6.07) is 22.5. The number of carbonyl (C=O) groups is 1. The van der Waals surface area contributed by atoms with Crippen molar-refractivity contribution < 1.29 is 18.8 Å². The van der Waals surface area contributed by atoms with Crippen molar-refractivity contribution in [3.8, 4) is 22.8 Å². The van der Waals surface area contributed by atoms with Crippen molar-refractivity contribution >= 4 is 16.8 Å². The zero-order chi connectivity index (χ0) is 20.9.